The molecule has 0 spiro atoms. The Balaban J connectivity index is 2.34. The Kier molecular flexibility index (Phi) is 2.90. The Morgan fingerprint density at radius 1 is 0.938 bits per heavy atom. The molecule has 6 heteroatoms. The zero-order valence-corrected chi connectivity index (χ0v) is 8.91. The van der Waals surface area contributed by atoms with E-state index in [1.165, 1.54) is 13.4 Å². The number of methoxy groups -OCH3 is 2. The standard InChI is InChI=1S/C10H10N4O2/c1-15-9-3-8(13-6-14-9)7-4-11-10(16-2)12-5-7/h3-6H,1-2H3. The third kappa shape index (κ3) is 2.05. The summed E-state index contributed by atoms with van der Waals surface area (Å²) in [5, 5.41) is 0. The van der Waals surface area contributed by atoms with Crippen LogP contribution in [0, 0.1) is 0 Å². The van der Waals surface area contributed by atoms with Gasteiger partial charge in [0, 0.05) is 24.0 Å². The van der Waals surface area contributed by atoms with E-state index in [9.17, 15) is 0 Å². The third-order valence-electron chi connectivity index (χ3n) is 1.96. The molecule has 2 rings (SSSR count). The van der Waals surface area contributed by atoms with Gasteiger partial charge in [0.15, 0.2) is 0 Å². The molecule has 0 saturated carbocycles. The molecule has 0 radical (unpaired) electrons. The van der Waals surface area contributed by atoms with Gasteiger partial charge < -0.3 is 9.47 Å². The smallest absolute Gasteiger partial charge is 0.316 e. The Bertz CT molecular complexity index is 473. The molecule has 0 atom stereocenters. The number of nitrogens with zero attached hydrogens (tertiary/aromatic N) is 4. The maximum atomic E-state index is 5.00. The molecular weight excluding hydrogens is 208 g/mol. The number of rotatable bonds is 3. The molecule has 2 heterocycles. The molecule has 0 aromatic carbocycles. The van der Waals surface area contributed by atoms with E-state index in [1.807, 2.05) is 0 Å². The van der Waals surface area contributed by atoms with E-state index >= 15 is 0 Å². The first-order valence-electron chi connectivity index (χ1n) is 4.56. The van der Waals surface area contributed by atoms with Crippen LogP contribution in [0.3, 0.4) is 0 Å². The molecule has 6 nitrogen and oxygen atoms in total. The molecule has 0 aliphatic carbocycles. The van der Waals surface area contributed by atoms with E-state index in [4.69, 9.17) is 9.47 Å². The summed E-state index contributed by atoms with van der Waals surface area (Å²) in [6, 6.07) is 2.04. The summed E-state index contributed by atoms with van der Waals surface area (Å²) in [5.74, 6) is 0.501. The Morgan fingerprint density at radius 3 is 2.31 bits per heavy atom. The second-order valence-electron chi connectivity index (χ2n) is 2.90. The van der Waals surface area contributed by atoms with Crippen molar-refractivity contribution in [2.24, 2.45) is 0 Å². The van der Waals surface area contributed by atoms with Crippen molar-refractivity contribution in [3.05, 3.63) is 24.8 Å². The number of ether oxygens (including phenoxy) is 2. The first-order chi connectivity index (χ1) is 7.83. The van der Waals surface area contributed by atoms with Gasteiger partial charge in [0.1, 0.15) is 6.33 Å². The van der Waals surface area contributed by atoms with E-state index in [1.54, 1.807) is 25.6 Å². The van der Waals surface area contributed by atoms with Crippen LogP contribution in [0.15, 0.2) is 24.8 Å². The first-order valence-corrected chi connectivity index (χ1v) is 4.56. The maximum absolute atomic E-state index is 5.00. The highest BCUT2D eigenvalue weighted by atomic mass is 16.5. The molecule has 0 aliphatic rings. The van der Waals surface area contributed by atoms with Gasteiger partial charge in [0.2, 0.25) is 5.88 Å². The molecule has 0 saturated heterocycles. The van der Waals surface area contributed by atoms with Crippen molar-refractivity contribution < 1.29 is 9.47 Å². The van der Waals surface area contributed by atoms with Gasteiger partial charge >= 0.3 is 6.01 Å². The Hall–Kier alpha value is -2.24. The number of hydrogen-bond donors (Lipinski definition) is 0. The van der Waals surface area contributed by atoms with Crippen molar-refractivity contribution in [3.63, 3.8) is 0 Å². The quantitative estimate of drug-likeness (QED) is 0.763. The third-order valence-corrected chi connectivity index (χ3v) is 1.96. The van der Waals surface area contributed by atoms with Crippen LogP contribution < -0.4 is 9.47 Å². The van der Waals surface area contributed by atoms with Crippen LogP contribution in [0.5, 0.6) is 11.9 Å². The van der Waals surface area contributed by atoms with Crippen LogP contribution in [-0.2, 0) is 0 Å². The SMILES string of the molecule is COc1cc(-c2cnc(OC)nc2)ncn1. The summed E-state index contributed by atoms with van der Waals surface area (Å²) < 4.78 is 9.87. The predicted octanol–water partition coefficient (Wildman–Crippen LogP) is 0.951. The molecule has 2 aromatic heterocycles. The molecule has 0 bridgehead atoms. The van der Waals surface area contributed by atoms with Crippen LogP contribution in [0.25, 0.3) is 11.3 Å². The van der Waals surface area contributed by atoms with Gasteiger partial charge in [-0.25, -0.2) is 19.9 Å². The molecule has 82 valence electrons. The lowest BCUT2D eigenvalue weighted by Gasteiger charge is -2.02. The van der Waals surface area contributed by atoms with E-state index in [0.717, 1.165) is 5.56 Å². The minimum absolute atomic E-state index is 0.324. The predicted molar refractivity (Wildman–Crippen MR) is 56.2 cm³/mol. The van der Waals surface area contributed by atoms with E-state index in [-0.39, 0.29) is 0 Å². The van der Waals surface area contributed by atoms with Crippen molar-refractivity contribution >= 4 is 0 Å². The fourth-order valence-electron chi connectivity index (χ4n) is 1.16. The first kappa shape index (κ1) is 10.3. The van der Waals surface area contributed by atoms with Crippen LogP contribution in [-0.4, -0.2) is 34.2 Å². The minimum Gasteiger partial charge on any atom is -0.481 e. The topological polar surface area (TPSA) is 70.0 Å². The van der Waals surface area contributed by atoms with Gasteiger partial charge in [-0.1, -0.05) is 0 Å². The highest BCUT2D eigenvalue weighted by Gasteiger charge is 2.03. The zero-order valence-electron chi connectivity index (χ0n) is 8.91. The van der Waals surface area contributed by atoms with Crippen LogP contribution in [0.2, 0.25) is 0 Å². The zero-order chi connectivity index (χ0) is 11.4. The normalized spacial score (nSPS) is 9.88. The number of hydrogen-bond acceptors (Lipinski definition) is 6. The van der Waals surface area contributed by atoms with E-state index in [2.05, 4.69) is 19.9 Å². The lowest BCUT2D eigenvalue weighted by atomic mass is 10.2. The summed E-state index contributed by atoms with van der Waals surface area (Å²) >= 11 is 0. The van der Waals surface area contributed by atoms with Crippen molar-refractivity contribution in [1.82, 2.24) is 19.9 Å². The largest absolute Gasteiger partial charge is 0.481 e. The van der Waals surface area contributed by atoms with Gasteiger partial charge in [-0.05, 0) is 0 Å². The molecule has 0 unspecified atom stereocenters. The van der Waals surface area contributed by atoms with Crippen LogP contribution in [0.1, 0.15) is 0 Å². The summed E-state index contributed by atoms with van der Waals surface area (Å²) in [6.07, 6.45) is 4.69. The fraction of sp³-hybridized carbons (Fsp3) is 0.200. The van der Waals surface area contributed by atoms with Crippen molar-refractivity contribution in [2.75, 3.05) is 14.2 Å². The average molecular weight is 218 g/mol. The van der Waals surface area contributed by atoms with Gasteiger partial charge in [-0.2, -0.15) is 0 Å². The van der Waals surface area contributed by atoms with Crippen molar-refractivity contribution in [1.29, 1.82) is 0 Å². The monoisotopic (exact) mass is 218 g/mol. The molecule has 16 heavy (non-hydrogen) atoms. The second-order valence-corrected chi connectivity index (χ2v) is 2.90. The highest BCUT2D eigenvalue weighted by molar-refractivity contribution is 5.57. The highest BCUT2D eigenvalue weighted by Crippen LogP contribution is 2.18. The summed E-state index contributed by atoms with van der Waals surface area (Å²) in [4.78, 5) is 16.0. The molecule has 2 aromatic rings. The lowest BCUT2D eigenvalue weighted by Crippen LogP contribution is -1.94. The summed E-state index contributed by atoms with van der Waals surface area (Å²) in [6.45, 7) is 0. The van der Waals surface area contributed by atoms with Gasteiger partial charge in [0.25, 0.3) is 0 Å². The van der Waals surface area contributed by atoms with Crippen LogP contribution >= 0.6 is 0 Å². The van der Waals surface area contributed by atoms with Gasteiger partial charge in [0.05, 0.1) is 19.9 Å². The molecule has 0 aliphatic heterocycles. The summed E-state index contributed by atoms with van der Waals surface area (Å²) in [7, 11) is 3.07. The van der Waals surface area contributed by atoms with E-state index in [0.29, 0.717) is 17.6 Å². The molecule has 0 N–H and O–H groups in total. The fourth-order valence-corrected chi connectivity index (χ4v) is 1.16. The minimum atomic E-state index is 0.324. The molecular formula is C10H10N4O2. The molecule has 0 fully saturated rings. The Labute approximate surface area is 92.3 Å². The maximum Gasteiger partial charge on any atom is 0.316 e. The van der Waals surface area contributed by atoms with Crippen molar-refractivity contribution in [3.8, 4) is 23.1 Å². The Morgan fingerprint density at radius 2 is 1.69 bits per heavy atom. The lowest BCUT2D eigenvalue weighted by molar-refractivity contribution is 0.380. The van der Waals surface area contributed by atoms with E-state index < -0.39 is 0 Å². The second kappa shape index (κ2) is 4.52. The van der Waals surface area contributed by atoms with Crippen molar-refractivity contribution in [2.45, 2.75) is 0 Å². The average Bonchev–Trinajstić information content (AvgIpc) is 2.39. The van der Waals surface area contributed by atoms with Crippen LogP contribution in [0.4, 0.5) is 0 Å². The number of aromatic nitrogens is 4. The van der Waals surface area contributed by atoms with Gasteiger partial charge in [-0.15, -0.1) is 0 Å². The summed E-state index contributed by atoms with van der Waals surface area (Å²) in [5.41, 5.74) is 1.48. The molecule has 0 amide bonds. The van der Waals surface area contributed by atoms with Gasteiger partial charge in [-0.3, -0.25) is 0 Å².